The lowest BCUT2D eigenvalue weighted by Crippen LogP contribution is -2.19. The Bertz CT molecular complexity index is 740. The highest BCUT2D eigenvalue weighted by Crippen LogP contribution is 2.63. The first kappa shape index (κ1) is 15.4. The molecule has 24 heavy (non-hydrogen) atoms. The van der Waals surface area contributed by atoms with Gasteiger partial charge < -0.3 is 5.11 Å². The van der Waals surface area contributed by atoms with Gasteiger partial charge in [-0.1, -0.05) is 54.6 Å². The minimum Gasteiger partial charge on any atom is -0.481 e. The Hall–Kier alpha value is -2.09. The van der Waals surface area contributed by atoms with E-state index in [2.05, 4.69) is 54.6 Å². The quantitative estimate of drug-likeness (QED) is 0.846. The van der Waals surface area contributed by atoms with Crippen LogP contribution in [-0.4, -0.2) is 11.1 Å². The molecule has 2 aliphatic carbocycles. The summed E-state index contributed by atoms with van der Waals surface area (Å²) < 4.78 is 0. The molecular weight excluding hydrogens is 296 g/mol. The third-order valence-corrected chi connectivity index (χ3v) is 6.30. The number of fused-ring (bicyclic) bond motifs is 2. The van der Waals surface area contributed by atoms with Crippen LogP contribution in [0.15, 0.2) is 54.6 Å². The molecule has 2 aromatic carbocycles. The SMILES string of the molecule is O=C(O)CC12CCC(c3cccc(Cc4ccccc4)c3)(CC1)C2. The Labute approximate surface area is 143 Å². The summed E-state index contributed by atoms with van der Waals surface area (Å²) in [5.41, 5.74) is 4.41. The molecule has 0 aliphatic heterocycles. The van der Waals surface area contributed by atoms with Crippen LogP contribution in [0.3, 0.4) is 0 Å². The normalized spacial score (nSPS) is 28.2. The Morgan fingerprint density at radius 1 is 0.917 bits per heavy atom. The fraction of sp³-hybridized carbons (Fsp3) is 0.409. The van der Waals surface area contributed by atoms with E-state index in [9.17, 15) is 9.90 Å². The van der Waals surface area contributed by atoms with Crippen LogP contribution in [0.4, 0.5) is 0 Å². The van der Waals surface area contributed by atoms with Gasteiger partial charge in [0, 0.05) is 0 Å². The van der Waals surface area contributed by atoms with Crippen molar-refractivity contribution >= 4 is 5.97 Å². The summed E-state index contributed by atoms with van der Waals surface area (Å²) in [4.78, 5) is 11.2. The number of carboxylic acids is 1. The van der Waals surface area contributed by atoms with Gasteiger partial charge in [0.15, 0.2) is 0 Å². The van der Waals surface area contributed by atoms with E-state index in [4.69, 9.17) is 0 Å². The van der Waals surface area contributed by atoms with E-state index < -0.39 is 5.97 Å². The molecule has 0 saturated heterocycles. The topological polar surface area (TPSA) is 37.3 Å². The smallest absolute Gasteiger partial charge is 0.303 e. The van der Waals surface area contributed by atoms with Crippen LogP contribution in [0.1, 0.15) is 55.2 Å². The van der Waals surface area contributed by atoms with E-state index >= 15 is 0 Å². The average Bonchev–Trinajstić information content (AvgIpc) is 3.12. The Morgan fingerprint density at radius 2 is 1.62 bits per heavy atom. The molecule has 2 nitrogen and oxygen atoms in total. The molecular formula is C22H24O2. The number of hydrogen-bond donors (Lipinski definition) is 1. The van der Waals surface area contributed by atoms with Gasteiger partial charge in [-0.05, 0) is 66.0 Å². The van der Waals surface area contributed by atoms with Gasteiger partial charge in [-0.15, -0.1) is 0 Å². The summed E-state index contributed by atoms with van der Waals surface area (Å²) in [5.74, 6) is -0.634. The lowest BCUT2D eigenvalue weighted by Gasteiger charge is -2.28. The number of aliphatic carboxylic acids is 1. The maximum Gasteiger partial charge on any atom is 0.303 e. The fourth-order valence-electron chi connectivity index (χ4n) is 5.12. The molecule has 0 unspecified atom stereocenters. The molecule has 0 radical (unpaired) electrons. The van der Waals surface area contributed by atoms with Crippen molar-refractivity contribution in [3.63, 3.8) is 0 Å². The minimum absolute atomic E-state index is 0.0568. The van der Waals surface area contributed by atoms with E-state index in [-0.39, 0.29) is 10.8 Å². The van der Waals surface area contributed by atoms with E-state index in [0.29, 0.717) is 6.42 Å². The van der Waals surface area contributed by atoms with Gasteiger partial charge >= 0.3 is 5.97 Å². The number of hydrogen-bond acceptors (Lipinski definition) is 1. The van der Waals surface area contributed by atoms with Gasteiger partial charge in [0.05, 0.1) is 6.42 Å². The summed E-state index contributed by atoms with van der Waals surface area (Å²) in [6, 6.07) is 19.6. The second-order valence-corrected chi connectivity index (χ2v) is 7.89. The Morgan fingerprint density at radius 3 is 2.33 bits per heavy atom. The molecule has 0 aromatic heterocycles. The highest BCUT2D eigenvalue weighted by atomic mass is 16.4. The average molecular weight is 320 g/mol. The summed E-state index contributed by atoms with van der Waals surface area (Å²) in [5, 5.41) is 9.25. The highest BCUT2D eigenvalue weighted by molar-refractivity contribution is 5.68. The molecule has 2 fully saturated rings. The summed E-state index contributed by atoms with van der Waals surface area (Å²) in [6.07, 6.45) is 6.80. The highest BCUT2D eigenvalue weighted by Gasteiger charge is 2.55. The van der Waals surface area contributed by atoms with Gasteiger partial charge in [0.25, 0.3) is 0 Å². The minimum atomic E-state index is -0.634. The maximum absolute atomic E-state index is 11.2. The molecule has 0 amide bonds. The first-order valence-corrected chi connectivity index (χ1v) is 8.95. The van der Waals surface area contributed by atoms with Gasteiger partial charge in [-0.2, -0.15) is 0 Å². The molecule has 2 aromatic rings. The lowest BCUT2D eigenvalue weighted by atomic mass is 9.76. The third-order valence-electron chi connectivity index (χ3n) is 6.30. The predicted octanol–water partition coefficient (Wildman–Crippen LogP) is 4.95. The summed E-state index contributed by atoms with van der Waals surface area (Å²) in [7, 11) is 0. The van der Waals surface area contributed by atoms with Gasteiger partial charge in [-0.25, -0.2) is 0 Å². The zero-order valence-electron chi connectivity index (χ0n) is 14.0. The van der Waals surface area contributed by atoms with Crippen molar-refractivity contribution in [1.29, 1.82) is 0 Å². The van der Waals surface area contributed by atoms with Gasteiger partial charge in [0.2, 0.25) is 0 Å². The summed E-state index contributed by atoms with van der Waals surface area (Å²) >= 11 is 0. The second kappa shape index (κ2) is 5.77. The van der Waals surface area contributed by atoms with Crippen LogP contribution in [0.25, 0.3) is 0 Å². The molecule has 124 valence electrons. The number of rotatable bonds is 5. The molecule has 1 N–H and O–H groups in total. The predicted molar refractivity (Wildman–Crippen MR) is 95.1 cm³/mol. The largest absolute Gasteiger partial charge is 0.481 e. The zero-order valence-corrected chi connectivity index (χ0v) is 14.0. The second-order valence-electron chi connectivity index (χ2n) is 7.89. The monoisotopic (exact) mass is 320 g/mol. The maximum atomic E-state index is 11.2. The number of carboxylic acid groups (broad SMARTS) is 1. The fourth-order valence-corrected chi connectivity index (χ4v) is 5.12. The number of benzene rings is 2. The van der Waals surface area contributed by atoms with Crippen molar-refractivity contribution in [2.45, 2.75) is 50.4 Å². The van der Waals surface area contributed by atoms with Crippen LogP contribution in [0.5, 0.6) is 0 Å². The van der Waals surface area contributed by atoms with Crippen molar-refractivity contribution in [3.8, 4) is 0 Å². The molecule has 2 aliphatic rings. The third kappa shape index (κ3) is 2.75. The van der Waals surface area contributed by atoms with E-state index in [1.54, 1.807) is 0 Å². The summed E-state index contributed by atoms with van der Waals surface area (Å²) in [6.45, 7) is 0. The van der Waals surface area contributed by atoms with Crippen LogP contribution in [-0.2, 0) is 16.6 Å². The Kier molecular flexibility index (Phi) is 3.71. The van der Waals surface area contributed by atoms with Crippen LogP contribution in [0.2, 0.25) is 0 Å². The van der Waals surface area contributed by atoms with Crippen LogP contribution < -0.4 is 0 Å². The van der Waals surface area contributed by atoms with Gasteiger partial charge in [0.1, 0.15) is 0 Å². The van der Waals surface area contributed by atoms with E-state index in [1.807, 2.05) is 0 Å². The van der Waals surface area contributed by atoms with Crippen molar-refractivity contribution < 1.29 is 9.90 Å². The molecule has 4 rings (SSSR count). The number of carbonyl (C=O) groups is 1. The van der Waals surface area contributed by atoms with Crippen molar-refractivity contribution in [3.05, 3.63) is 71.3 Å². The molecule has 2 bridgehead atoms. The molecule has 0 heterocycles. The van der Waals surface area contributed by atoms with Crippen LogP contribution >= 0.6 is 0 Å². The molecule has 2 saturated carbocycles. The standard InChI is InChI=1S/C22H24O2/c23-20(24)15-21-9-11-22(16-21,12-10-21)19-8-4-7-18(14-19)13-17-5-2-1-3-6-17/h1-8,14H,9-13,15-16H2,(H,23,24). The zero-order chi connectivity index (χ0) is 16.6. The molecule has 0 atom stereocenters. The molecule has 0 spiro atoms. The van der Waals surface area contributed by atoms with Crippen LogP contribution in [0, 0.1) is 5.41 Å². The lowest BCUT2D eigenvalue weighted by molar-refractivity contribution is -0.139. The molecule has 2 heteroatoms. The van der Waals surface area contributed by atoms with Crippen molar-refractivity contribution in [1.82, 2.24) is 0 Å². The first-order chi connectivity index (χ1) is 11.6. The van der Waals surface area contributed by atoms with E-state index in [0.717, 1.165) is 38.5 Å². The Balaban J connectivity index is 1.57. The van der Waals surface area contributed by atoms with Crippen molar-refractivity contribution in [2.75, 3.05) is 0 Å². The van der Waals surface area contributed by atoms with Gasteiger partial charge in [-0.3, -0.25) is 4.79 Å². The first-order valence-electron chi connectivity index (χ1n) is 8.95. The van der Waals surface area contributed by atoms with Crippen molar-refractivity contribution in [2.24, 2.45) is 5.41 Å². The van der Waals surface area contributed by atoms with E-state index in [1.165, 1.54) is 16.7 Å².